The number of halogens is 1. The lowest BCUT2D eigenvalue weighted by Crippen LogP contribution is -2.39. The molecule has 1 aliphatic heterocycles. The summed E-state index contributed by atoms with van der Waals surface area (Å²) in [6, 6.07) is 2.06. The molecule has 0 bridgehead atoms. The van der Waals surface area contributed by atoms with E-state index in [9.17, 15) is 5.11 Å². The second kappa shape index (κ2) is 4.79. The Morgan fingerprint density at radius 3 is 2.88 bits per heavy atom. The Morgan fingerprint density at radius 1 is 1.31 bits per heavy atom. The molecule has 138 valence electrons. The Kier molecular flexibility index (Phi) is 2.91. The molecule has 2 aromatic rings. The van der Waals surface area contributed by atoms with E-state index in [-0.39, 0.29) is 29.8 Å². The molecule has 0 radical (unpaired) electrons. The van der Waals surface area contributed by atoms with Gasteiger partial charge in [-0.05, 0) is 51.0 Å². The van der Waals surface area contributed by atoms with Gasteiger partial charge in [0.1, 0.15) is 23.2 Å². The highest BCUT2D eigenvalue weighted by Gasteiger charge is 2.79. The maximum absolute atomic E-state index is 11.1. The van der Waals surface area contributed by atoms with E-state index in [1.54, 1.807) is 0 Å². The molecule has 6 rings (SSSR count). The number of fused-ring (bicyclic) bond motifs is 4. The largest absolute Gasteiger partial charge is 0.392 e. The summed E-state index contributed by atoms with van der Waals surface area (Å²) in [5.41, 5.74) is 0.642. The van der Waals surface area contributed by atoms with Crippen molar-refractivity contribution in [3.8, 4) is 0 Å². The van der Waals surface area contributed by atoms with Crippen molar-refractivity contribution in [2.24, 2.45) is 17.3 Å². The van der Waals surface area contributed by atoms with E-state index in [4.69, 9.17) is 21.1 Å². The maximum Gasteiger partial charge on any atom is 0.163 e. The average Bonchev–Trinajstić information content (AvgIpc) is 3.47. The van der Waals surface area contributed by atoms with Gasteiger partial charge in [0.2, 0.25) is 0 Å². The van der Waals surface area contributed by atoms with Gasteiger partial charge >= 0.3 is 0 Å². The standard InChI is InChI=1S/C19H22ClN3O3/c1-18(2)25-13-12(23-6-5-10-16(20)21-8-22-17(10)23)11-7-19(11,15(13)26-18)14(24)9-3-4-9/h5-6,8-9,11-15,24H,3-4,7H2,1-2H3/t11-,12-,13+,14?,15+,19+/m1/s1. The fraction of sp³-hybridized carbons (Fsp3) is 0.684. The highest BCUT2D eigenvalue weighted by molar-refractivity contribution is 6.33. The SMILES string of the molecule is CC1(C)O[C@H]2[C@H](n3ccc4c(Cl)ncnc43)[C@H]3C[C@]3(C(O)C3CC3)[C@H]2O1. The Labute approximate surface area is 156 Å². The van der Waals surface area contributed by atoms with Crippen molar-refractivity contribution in [3.63, 3.8) is 0 Å². The maximum atomic E-state index is 11.1. The minimum absolute atomic E-state index is 0.0714. The zero-order valence-corrected chi connectivity index (χ0v) is 15.6. The van der Waals surface area contributed by atoms with E-state index < -0.39 is 5.79 Å². The number of ether oxygens (including phenoxy) is 2. The molecule has 4 fully saturated rings. The van der Waals surface area contributed by atoms with Crippen LogP contribution >= 0.6 is 11.6 Å². The highest BCUT2D eigenvalue weighted by Crippen LogP contribution is 2.74. The molecule has 3 saturated carbocycles. The summed E-state index contributed by atoms with van der Waals surface area (Å²) in [5.74, 6) is 0.130. The highest BCUT2D eigenvalue weighted by atomic mass is 35.5. The molecule has 1 unspecified atom stereocenters. The lowest BCUT2D eigenvalue weighted by atomic mass is 9.89. The van der Waals surface area contributed by atoms with Crippen LogP contribution in [0.3, 0.4) is 0 Å². The molecule has 6 nitrogen and oxygen atoms in total. The molecule has 26 heavy (non-hydrogen) atoms. The van der Waals surface area contributed by atoms with Crippen LogP contribution in [0.1, 0.15) is 39.2 Å². The average molecular weight is 376 g/mol. The first-order chi connectivity index (χ1) is 12.4. The Morgan fingerprint density at radius 2 is 2.12 bits per heavy atom. The summed E-state index contributed by atoms with van der Waals surface area (Å²) in [5, 5.41) is 12.4. The van der Waals surface area contributed by atoms with Gasteiger partial charge in [-0.2, -0.15) is 0 Å². The number of hydrogen-bond donors (Lipinski definition) is 1. The van der Waals surface area contributed by atoms with E-state index in [0.717, 1.165) is 30.3 Å². The van der Waals surface area contributed by atoms with E-state index >= 15 is 0 Å². The topological polar surface area (TPSA) is 69.4 Å². The van der Waals surface area contributed by atoms with E-state index in [1.165, 1.54) is 6.33 Å². The Hall–Kier alpha value is -1.21. The van der Waals surface area contributed by atoms with Crippen molar-refractivity contribution in [2.45, 2.75) is 63.3 Å². The van der Waals surface area contributed by atoms with Gasteiger partial charge in [0, 0.05) is 11.6 Å². The van der Waals surface area contributed by atoms with Crippen LogP contribution in [0.5, 0.6) is 0 Å². The van der Waals surface area contributed by atoms with Gasteiger partial charge in [-0.25, -0.2) is 9.97 Å². The third kappa shape index (κ3) is 1.88. The van der Waals surface area contributed by atoms with Crippen LogP contribution in [0.4, 0.5) is 0 Å². The lowest BCUT2D eigenvalue weighted by Gasteiger charge is -2.27. The van der Waals surface area contributed by atoms with Crippen LogP contribution in [0.15, 0.2) is 18.6 Å². The summed E-state index contributed by atoms with van der Waals surface area (Å²) in [6.45, 7) is 3.92. The van der Waals surface area contributed by atoms with Crippen LogP contribution in [-0.2, 0) is 9.47 Å². The molecular formula is C19H22ClN3O3. The summed E-state index contributed by atoms with van der Waals surface area (Å²) in [7, 11) is 0. The number of aliphatic hydroxyl groups excluding tert-OH is 1. The van der Waals surface area contributed by atoms with Crippen molar-refractivity contribution in [2.75, 3.05) is 0 Å². The Bertz CT molecular complexity index is 911. The number of aromatic nitrogens is 3. The molecule has 0 amide bonds. The number of rotatable bonds is 3. The van der Waals surface area contributed by atoms with Gasteiger partial charge in [-0.3, -0.25) is 0 Å². The molecule has 3 aliphatic carbocycles. The minimum atomic E-state index is -0.632. The summed E-state index contributed by atoms with van der Waals surface area (Å²) < 4.78 is 14.8. The first kappa shape index (κ1) is 15.8. The molecule has 3 heterocycles. The van der Waals surface area contributed by atoms with Gasteiger partial charge in [0.25, 0.3) is 0 Å². The molecule has 2 aromatic heterocycles. The number of nitrogens with zero attached hydrogens (tertiary/aromatic N) is 3. The quantitative estimate of drug-likeness (QED) is 0.835. The second-order valence-corrected chi connectivity index (χ2v) is 9.20. The van der Waals surface area contributed by atoms with Crippen molar-refractivity contribution in [1.82, 2.24) is 14.5 Å². The molecular weight excluding hydrogens is 354 g/mol. The first-order valence-electron chi connectivity index (χ1n) is 9.43. The van der Waals surface area contributed by atoms with Crippen LogP contribution in [0.25, 0.3) is 11.0 Å². The molecule has 1 saturated heterocycles. The van der Waals surface area contributed by atoms with E-state index in [0.29, 0.717) is 17.0 Å². The normalized spacial score (nSPS) is 41.2. The second-order valence-electron chi connectivity index (χ2n) is 8.84. The summed E-state index contributed by atoms with van der Waals surface area (Å²) in [4.78, 5) is 8.56. The molecule has 1 N–H and O–H groups in total. The molecule has 6 atom stereocenters. The van der Waals surface area contributed by atoms with Gasteiger partial charge < -0.3 is 19.1 Å². The van der Waals surface area contributed by atoms with Crippen LogP contribution < -0.4 is 0 Å². The summed E-state index contributed by atoms with van der Waals surface area (Å²) in [6.07, 6.45) is 6.30. The smallest absolute Gasteiger partial charge is 0.163 e. The van der Waals surface area contributed by atoms with Crippen molar-refractivity contribution in [3.05, 3.63) is 23.7 Å². The van der Waals surface area contributed by atoms with Crippen molar-refractivity contribution in [1.29, 1.82) is 0 Å². The molecule has 0 spiro atoms. The van der Waals surface area contributed by atoms with Crippen LogP contribution in [-0.4, -0.2) is 43.7 Å². The zero-order valence-electron chi connectivity index (χ0n) is 14.8. The molecule has 7 heteroatoms. The third-order valence-corrected chi connectivity index (χ3v) is 7.21. The van der Waals surface area contributed by atoms with E-state index in [2.05, 4.69) is 14.5 Å². The predicted octanol–water partition coefficient (Wildman–Crippen LogP) is 2.94. The van der Waals surface area contributed by atoms with Crippen molar-refractivity contribution >= 4 is 22.6 Å². The lowest BCUT2D eigenvalue weighted by molar-refractivity contribution is -0.167. The predicted molar refractivity (Wildman–Crippen MR) is 94.7 cm³/mol. The van der Waals surface area contributed by atoms with Gasteiger partial charge in [0.15, 0.2) is 5.79 Å². The number of hydrogen-bond acceptors (Lipinski definition) is 5. The zero-order chi connectivity index (χ0) is 17.8. The van der Waals surface area contributed by atoms with Gasteiger partial charge in [0.05, 0.1) is 23.6 Å². The fourth-order valence-corrected chi connectivity index (χ4v) is 5.85. The van der Waals surface area contributed by atoms with Crippen LogP contribution in [0, 0.1) is 17.3 Å². The third-order valence-electron chi connectivity index (χ3n) is 6.91. The van der Waals surface area contributed by atoms with Crippen LogP contribution in [0.2, 0.25) is 5.15 Å². The molecule has 0 aromatic carbocycles. The molecule has 4 aliphatic rings. The Balaban J connectivity index is 1.47. The minimum Gasteiger partial charge on any atom is -0.392 e. The van der Waals surface area contributed by atoms with Gasteiger partial charge in [-0.15, -0.1) is 0 Å². The monoisotopic (exact) mass is 375 g/mol. The van der Waals surface area contributed by atoms with Crippen molar-refractivity contribution < 1.29 is 14.6 Å². The van der Waals surface area contributed by atoms with E-state index in [1.807, 2.05) is 26.1 Å². The first-order valence-corrected chi connectivity index (χ1v) is 9.81. The summed E-state index contributed by atoms with van der Waals surface area (Å²) >= 11 is 6.25. The number of aliphatic hydroxyl groups is 1. The fourth-order valence-electron chi connectivity index (χ4n) is 5.66. The van der Waals surface area contributed by atoms with Gasteiger partial charge in [-0.1, -0.05) is 11.6 Å².